The van der Waals surface area contributed by atoms with Crippen LogP contribution < -0.4 is 10.1 Å². The predicted octanol–water partition coefficient (Wildman–Crippen LogP) is 6.51. The van der Waals surface area contributed by atoms with Crippen molar-refractivity contribution in [2.24, 2.45) is 0 Å². The van der Waals surface area contributed by atoms with Gasteiger partial charge >= 0.3 is 0 Å². The highest BCUT2D eigenvalue weighted by Crippen LogP contribution is 2.28. The van der Waals surface area contributed by atoms with Gasteiger partial charge in [-0.1, -0.05) is 54.7 Å². The Kier molecular flexibility index (Phi) is 10.6. The molecule has 2 atom stereocenters. The van der Waals surface area contributed by atoms with Crippen LogP contribution in [0.25, 0.3) is 0 Å². The second kappa shape index (κ2) is 12.7. The zero-order valence-corrected chi connectivity index (χ0v) is 22.0. The van der Waals surface area contributed by atoms with Crippen LogP contribution in [0.5, 0.6) is 5.75 Å². The number of rotatable bonds is 10. The van der Waals surface area contributed by atoms with Gasteiger partial charge in [-0.15, -0.1) is 0 Å². The van der Waals surface area contributed by atoms with E-state index in [2.05, 4.69) is 21.2 Å². The van der Waals surface area contributed by atoms with Crippen LogP contribution in [0.1, 0.15) is 39.2 Å². The zero-order chi connectivity index (χ0) is 23.8. The van der Waals surface area contributed by atoms with Gasteiger partial charge in [0, 0.05) is 17.6 Å². The molecule has 0 aliphatic heterocycles. The summed E-state index contributed by atoms with van der Waals surface area (Å²) in [5.74, 6) is -0.0543. The summed E-state index contributed by atoms with van der Waals surface area (Å²) >= 11 is 21.5. The van der Waals surface area contributed by atoms with Gasteiger partial charge in [0.25, 0.3) is 5.91 Å². The van der Waals surface area contributed by atoms with Crippen LogP contribution in [0.2, 0.25) is 15.1 Å². The normalized spacial score (nSPS) is 12.7. The van der Waals surface area contributed by atoms with Crippen LogP contribution in [0.15, 0.2) is 40.9 Å². The van der Waals surface area contributed by atoms with Crippen LogP contribution >= 0.6 is 50.7 Å². The molecule has 174 valence electrons. The van der Waals surface area contributed by atoms with E-state index in [1.807, 2.05) is 20.8 Å². The molecule has 0 aromatic heterocycles. The highest BCUT2D eigenvalue weighted by Gasteiger charge is 2.29. The first-order valence-corrected chi connectivity index (χ1v) is 12.2. The molecule has 0 aliphatic rings. The molecule has 5 nitrogen and oxygen atoms in total. The maximum Gasteiger partial charge on any atom is 0.261 e. The van der Waals surface area contributed by atoms with E-state index in [1.165, 1.54) is 4.90 Å². The Bertz CT molecular complexity index is 958. The minimum atomic E-state index is -0.664. The smallest absolute Gasteiger partial charge is 0.261 e. The van der Waals surface area contributed by atoms with Crippen molar-refractivity contribution in [1.29, 1.82) is 0 Å². The Morgan fingerprint density at radius 1 is 1.06 bits per heavy atom. The number of benzene rings is 2. The standard InChI is InChI=1S/C23H26BrCl3N2O3/c1-4-14(3)28-23(31)20(5-2)29(12-15-6-8-18(26)19(27)10-15)22(30)13-32-21-9-7-16(25)11-17(21)24/h6-11,14,20H,4-5,12-13H2,1-3H3,(H,28,31)/t14-,20-/m0/s1. The lowest BCUT2D eigenvalue weighted by Gasteiger charge is -2.31. The van der Waals surface area contributed by atoms with E-state index in [0.29, 0.717) is 31.7 Å². The minimum Gasteiger partial charge on any atom is -0.483 e. The Hall–Kier alpha value is -1.47. The monoisotopic (exact) mass is 562 g/mol. The molecule has 2 amide bonds. The van der Waals surface area contributed by atoms with E-state index >= 15 is 0 Å². The summed E-state index contributed by atoms with van der Waals surface area (Å²) in [7, 11) is 0. The molecule has 9 heteroatoms. The van der Waals surface area contributed by atoms with E-state index in [0.717, 1.165) is 12.0 Å². The van der Waals surface area contributed by atoms with E-state index in [-0.39, 0.29) is 31.0 Å². The van der Waals surface area contributed by atoms with Gasteiger partial charge in [0.15, 0.2) is 6.61 Å². The molecular weight excluding hydrogens is 539 g/mol. The fourth-order valence-electron chi connectivity index (χ4n) is 3.01. The maximum atomic E-state index is 13.2. The van der Waals surface area contributed by atoms with Crippen LogP contribution in [-0.2, 0) is 16.1 Å². The number of carbonyl (C=O) groups is 2. The third-order valence-electron chi connectivity index (χ3n) is 4.97. The molecule has 0 bridgehead atoms. The molecule has 0 unspecified atom stereocenters. The van der Waals surface area contributed by atoms with Crippen molar-refractivity contribution in [2.75, 3.05) is 6.61 Å². The number of amides is 2. The number of nitrogens with one attached hydrogen (secondary N) is 1. The largest absolute Gasteiger partial charge is 0.483 e. The number of nitrogens with zero attached hydrogens (tertiary/aromatic N) is 1. The quantitative estimate of drug-likeness (QED) is 0.358. The van der Waals surface area contributed by atoms with Gasteiger partial charge in [0.05, 0.1) is 14.5 Å². The molecule has 0 saturated heterocycles. The molecule has 2 aromatic carbocycles. The van der Waals surface area contributed by atoms with Gasteiger partial charge in [-0.25, -0.2) is 0 Å². The first-order valence-electron chi connectivity index (χ1n) is 10.3. The fourth-order valence-corrected chi connectivity index (χ4v) is 4.13. The summed E-state index contributed by atoms with van der Waals surface area (Å²) < 4.78 is 6.35. The number of halogens is 4. The molecule has 2 rings (SSSR count). The average Bonchev–Trinajstić information content (AvgIpc) is 2.75. The van der Waals surface area contributed by atoms with E-state index in [4.69, 9.17) is 39.5 Å². The average molecular weight is 565 g/mol. The second-order valence-electron chi connectivity index (χ2n) is 7.38. The summed E-state index contributed by atoms with van der Waals surface area (Å²) in [6.45, 7) is 5.73. The third kappa shape index (κ3) is 7.55. The molecule has 2 aromatic rings. The second-order valence-corrected chi connectivity index (χ2v) is 9.48. The van der Waals surface area contributed by atoms with Gasteiger partial charge in [0.1, 0.15) is 11.8 Å². The predicted molar refractivity (Wildman–Crippen MR) is 134 cm³/mol. The van der Waals surface area contributed by atoms with Crippen LogP contribution in [0.3, 0.4) is 0 Å². The first kappa shape index (κ1) is 26.8. The molecular formula is C23H26BrCl3N2O3. The lowest BCUT2D eigenvalue weighted by molar-refractivity contribution is -0.143. The van der Waals surface area contributed by atoms with E-state index in [1.54, 1.807) is 36.4 Å². The summed E-state index contributed by atoms with van der Waals surface area (Å²) in [6, 6.07) is 9.52. The van der Waals surface area contributed by atoms with Crippen molar-refractivity contribution in [2.45, 2.75) is 52.2 Å². The molecule has 0 spiro atoms. The van der Waals surface area contributed by atoms with Crippen LogP contribution in [0.4, 0.5) is 0 Å². The lowest BCUT2D eigenvalue weighted by Crippen LogP contribution is -2.51. The molecule has 0 aliphatic carbocycles. The molecule has 1 N–H and O–H groups in total. The van der Waals surface area contributed by atoms with Crippen LogP contribution in [-0.4, -0.2) is 35.4 Å². The zero-order valence-electron chi connectivity index (χ0n) is 18.1. The van der Waals surface area contributed by atoms with Crippen molar-refractivity contribution in [3.8, 4) is 5.75 Å². The lowest BCUT2D eigenvalue weighted by atomic mass is 10.1. The molecule has 0 radical (unpaired) electrons. The topological polar surface area (TPSA) is 58.6 Å². The van der Waals surface area contributed by atoms with Gasteiger partial charge < -0.3 is 15.0 Å². The van der Waals surface area contributed by atoms with Gasteiger partial charge in [-0.05, 0) is 71.6 Å². The van der Waals surface area contributed by atoms with E-state index in [9.17, 15) is 9.59 Å². The summed E-state index contributed by atoms with van der Waals surface area (Å²) in [5.41, 5.74) is 0.759. The maximum absolute atomic E-state index is 13.2. The number of ether oxygens (including phenoxy) is 1. The third-order valence-corrected chi connectivity index (χ3v) is 6.56. The van der Waals surface area contributed by atoms with Crippen molar-refractivity contribution in [3.05, 3.63) is 61.5 Å². The van der Waals surface area contributed by atoms with Gasteiger partial charge in [-0.3, -0.25) is 9.59 Å². The van der Waals surface area contributed by atoms with Gasteiger partial charge in [0.2, 0.25) is 5.91 Å². The Balaban J connectivity index is 2.26. The van der Waals surface area contributed by atoms with Crippen molar-refractivity contribution in [3.63, 3.8) is 0 Å². The molecule has 0 fully saturated rings. The summed E-state index contributed by atoms with van der Waals surface area (Å²) in [4.78, 5) is 27.7. The summed E-state index contributed by atoms with van der Waals surface area (Å²) in [5, 5.41) is 4.32. The number of hydrogen-bond donors (Lipinski definition) is 1. The Morgan fingerprint density at radius 2 is 1.78 bits per heavy atom. The summed E-state index contributed by atoms with van der Waals surface area (Å²) in [6.07, 6.45) is 1.23. The molecule has 0 saturated carbocycles. The van der Waals surface area contributed by atoms with Crippen molar-refractivity contribution in [1.82, 2.24) is 10.2 Å². The van der Waals surface area contributed by atoms with E-state index < -0.39 is 6.04 Å². The minimum absolute atomic E-state index is 0.000231. The van der Waals surface area contributed by atoms with Crippen LogP contribution in [0, 0.1) is 0 Å². The Morgan fingerprint density at radius 3 is 2.38 bits per heavy atom. The first-order chi connectivity index (χ1) is 15.2. The Labute approximate surface area is 212 Å². The molecule has 32 heavy (non-hydrogen) atoms. The van der Waals surface area contributed by atoms with Crippen molar-refractivity contribution < 1.29 is 14.3 Å². The molecule has 0 heterocycles. The highest BCUT2D eigenvalue weighted by atomic mass is 79.9. The highest BCUT2D eigenvalue weighted by molar-refractivity contribution is 9.10. The number of carbonyl (C=O) groups excluding carboxylic acids is 2. The SMILES string of the molecule is CC[C@H](C)NC(=O)[C@H](CC)N(Cc1ccc(Cl)c(Cl)c1)C(=O)COc1ccc(Cl)cc1Br. The number of hydrogen-bond acceptors (Lipinski definition) is 3. The van der Waals surface area contributed by atoms with Gasteiger partial charge in [-0.2, -0.15) is 0 Å². The van der Waals surface area contributed by atoms with Crippen molar-refractivity contribution >= 4 is 62.5 Å². The fraction of sp³-hybridized carbons (Fsp3) is 0.391.